The van der Waals surface area contributed by atoms with Crippen molar-refractivity contribution >= 4 is 57.4 Å². The van der Waals surface area contributed by atoms with Gasteiger partial charge in [-0.3, -0.25) is 4.79 Å². The van der Waals surface area contributed by atoms with E-state index in [1.54, 1.807) is 42.5 Å². The van der Waals surface area contributed by atoms with Crippen molar-refractivity contribution in [1.82, 2.24) is 9.97 Å². The average molecular weight is 445 g/mol. The monoisotopic (exact) mass is 443 g/mol. The number of fused-ring (bicyclic) bond motifs is 1. The van der Waals surface area contributed by atoms with E-state index in [1.807, 2.05) is 19.1 Å². The predicted octanol–water partition coefficient (Wildman–Crippen LogP) is 6.67. The maximum atomic E-state index is 12.7. The molecule has 0 aliphatic heterocycles. The molecule has 2 N–H and O–H groups in total. The number of nitrogens with one attached hydrogen (secondary N) is 2. The van der Waals surface area contributed by atoms with Gasteiger partial charge in [0.2, 0.25) is 0 Å². The zero-order valence-corrected chi connectivity index (χ0v) is 17.7. The van der Waals surface area contributed by atoms with Crippen LogP contribution >= 0.6 is 34.8 Å². The molecule has 1 heterocycles. The number of aromatic nitrogens is 2. The molecule has 0 fully saturated rings. The molecule has 0 bridgehead atoms. The minimum Gasteiger partial charge on any atom is -0.342 e. The molecule has 146 valence electrons. The Kier molecular flexibility index (Phi) is 5.50. The Morgan fingerprint density at radius 3 is 2.55 bits per heavy atom. The Morgan fingerprint density at radius 1 is 1.03 bits per heavy atom. The van der Waals surface area contributed by atoms with Crippen molar-refractivity contribution in [2.45, 2.75) is 13.3 Å². The molecule has 0 unspecified atom stereocenters. The van der Waals surface area contributed by atoms with Crippen molar-refractivity contribution in [2.24, 2.45) is 0 Å². The lowest BCUT2D eigenvalue weighted by atomic mass is 10.1. The van der Waals surface area contributed by atoms with Gasteiger partial charge in [0.25, 0.3) is 5.91 Å². The normalized spacial score (nSPS) is 11.0. The first kappa shape index (κ1) is 19.8. The number of anilines is 1. The summed E-state index contributed by atoms with van der Waals surface area (Å²) in [6.45, 7) is 1.91. The summed E-state index contributed by atoms with van der Waals surface area (Å²) in [6, 6.07) is 16.1. The maximum absolute atomic E-state index is 12.7. The lowest BCUT2D eigenvalue weighted by molar-refractivity contribution is 0.102. The number of imidazole rings is 1. The van der Waals surface area contributed by atoms with Gasteiger partial charge in [0, 0.05) is 32.7 Å². The summed E-state index contributed by atoms with van der Waals surface area (Å²) in [5, 5.41) is 4.65. The third-order valence-electron chi connectivity index (χ3n) is 4.65. The molecule has 4 rings (SSSR count). The molecule has 7 heteroatoms. The van der Waals surface area contributed by atoms with Gasteiger partial charge < -0.3 is 10.3 Å². The van der Waals surface area contributed by atoms with Crippen LogP contribution in [-0.2, 0) is 6.42 Å². The van der Waals surface area contributed by atoms with E-state index in [0.29, 0.717) is 32.7 Å². The van der Waals surface area contributed by atoms with Gasteiger partial charge in [-0.05, 0) is 60.5 Å². The van der Waals surface area contributed by atoms with Crippen LogP contribution in [-0.4, -0.2) is 15.9 Å². The van der Waals surface area contributed by atoms with Crippen molar-refractivity contribution < 1.29 is 4.79 Å². The minimum atomic E-state index is -0.220. The van der Waals surface area contributed by atoms with Crippen LogP contribution in [0.25, 0.3) is 11.0 Å². The van der Waals surface area contributed by atoms with E-state index >= 15 is 0 Å². The molecular weight excluding hydrogens is 429 g/mol. The third kappa shape index (κ3) is 4.25. The van der Waals surface area contributed by atoms with Crippen LogP contribution < -0.4 is 5.32 Å². The van der Waals surface area contributed by atoms with Gasteiger partial charge in [0.1, 0.15) is 5.82 Å². The maximum Gasteiger partial charge on any atom is 0.255 e. The Morgan fingerprint density at radius 2 is 1.79 bits per heavy atom. The van der Waals surface area contributed by atoms with Crippen LogP contribution in [0.4, 0.5) is 5.69 Å². The molecule has 0 saturated carbocycles. The Balaban J connectivity index is 1.60. The highest BCUT2D eigenvalue weighted by Gasteiger charge is 2.13. The zero-order chi connectivity index (χ0) is 20.5. The number of H-pyrrole nitrogens is 1. The van der Waals surface area contributed by atoms with E-state index in [0.717, 1.165) is 28.0 Å². The first-order valence-electron chi connectivity index (χ1n) is 8.90. The van der Waals surface area contributed by atoms with E-state index in [4.69, 9.17) is 34.8 Å². The first-order valence-corrected chi connectivity index (χ1v) is 10.0. The summed E-state index contributed by atoms with van der Waals surface area (Å²) in [5.41, 5.74) is 4.47. The quantitative estimate of drug-likeness (QED) is 0.369. The lowest BCUT2D eigenvalue weighted by Gasteiger charge is -2.09. The average Bonchev–Trinajstić information content (AvgIpc) is 3.09. The molecule has 3 aromatic carbocycles. The van der Waals surface area contributed by atoms with Crippen molar-refractivity contribution in [2.75, 3.05) is 5.32 Å². The number of carbonyl (C=O) groups excluding carboxylic acids is 1. The number of nitrogens with zero attached hydrogens (tertiary/aromatic N) is 1. The Labute approximate surface area is 182 Å². The van der Waals surface area contributed by atoms with Crippen LogP contribution in [0.5, 0.6) is 0 Å². The van der Waals surface area contributed by atoms with Crippen molar-refractivity contribution in [3.63, 3.8) is 0 Å². The second-order valence-corrected chi connectivity index (χ2v) is 7.96. The number of halogens is 3. The third-order valence-corrected chi connectivity index (χ3v) is 5.59. The molecule has 0 aliphatic rings. The van der Waals surface area contributed by atoms with Crippen LogP contribution in [0.15, 0.2) is 54.6 Å². The summed E-state index contributed by atoms with van der Waals surface area (Å²) < 4.78 is 0. The van der Waals surface area contributed by atoms with E-state index < -0.39 is 0 Å². The van der Waals surface area contributed by atoms with Gasteiger partial charge >= 0.3 is 0 Å². The van der Waals surface area contributed by atoms with Crippen molar-refractivity contribution in [1.29, 1.82) is 0 Å². The zero-order valence-electron chi connectivity index (χ0n) is 15.4. The number of aryl methyl sites for hydroxylation is 1. The fourth-order valence-electron chi connectivity index (χ4n) is 3.08. The van der Waals surface area contributed by atoms with Crippen LogP contribution in [0.3, 0.4) is 0 Å². The molecule has 4 aromatic rings. The molecule has 4 nitrogen and oxygen atoms in total. The molecular formula is C22H16Cl3N3O. The molecule has 0 spiro atoms. The van der Waals surface area contributed by atoms with Gasteiger partial charge in [-0.25, -0.2) is 4.98 Å². The Bertz CT molecular complexity index is 1210. The molecule has 1 amide bonds. The predicted molar refractivity (Wildman–Crippen MR) is 120 cm³/mol. The standard InChI is InChI=1S/C22H16Cl3N3O/c1-12-5-7-14(23)10-19(12)28-22(29)13-6-8-18-20(9-13)27-21(26-18)11-15-16(24)3-2-4-17(15)25/h2-10H,11H2,1H3,(H,26,27)(H,28,29). The molecule has 29 heavy (non-hydrogen) atoms. The first-order chi connectivity index (χ1) is 13.9. The van der Waals surface area contributed by atoms with Gasteiger partial charge in [-0.15, -0.1) is 0 Å². The second-order valence-electron chi connectivity index (χ2n) is 6.71. The number of amides is 1. The highest BCUT2D eigenvalue weighted by molar-refractivity contribution is 6.36. The van der Waals surface area contributed by atoms with E-state index in [1.165, 1.54) is 0 Å². The summed E-state index contributed by atoms with van der Waals surface area (Å²) in [4.78, 5) is 20.5. The largest absolute Gasteiger partial charge is 0.342 e. The molecule has 1 aromatic heterocycles. The fourth-order valence-corrected chi connectivity index (χ4v) is 3.78. The van der Waals surface area contributed by atoms with Gasteiger partial charge in [0.15, 0.2) is 0 Å². The fraction of sp³-hybridized carbons (Fsp3) is 0.0909. The summed E-state index contributed by atoms with van der Waals surface area (Å²) in [7, 11) is 0. The molecule has 0 saturated heterocycles. The lowest BCUT2D eigenvalue weighted by Crippen LogP contribution is -2.12. The van der Waals surface area contributed by atoms with Gasteiger partial charge in [-0.2, -0.15) is 0 Å². The second kappa shape index (κ2) is 8.07. The number of carbonyl (C=O) groups is 1. The molecule has 0 aliphatic carbocycles. The smallest absolute Gasteiger partial charge is 0.255 e. The number of benzene rings is 3. The SMILES string of the molecule is Cc1ccc(Cl)cc1NC(=O)c1ccc2nc(Cc3c(Cl)cccc3Cl)[nH]c2c1. The summed E-state index contributed by atoms with van der Waals surface area (Å²) >= 11 is 18.5. The van der Waals surface area contributed by atoms with E-state index in [2.05, 4.69) is 15.3 Å². The van der Waals surface area contributed by atoms with Gasteiger partial charge in [-0.1, -0.05) is 46.9 Å². The number of hydrogen-bond acceptors (Lipinski definition) is 2. The van der Waals surface area contributed by atoms with Crippen LogP contribution in [0.1, 0.15) is 27.3 Å². The summed E-state index contributed by atoms with van der Waals surface area (Å²) in [5.74, 6) is 0.501. The molecule has 0 atom stereocenters. The minimum absolute atomic E-state index is 0.220. The number of hydrogen-bond donors (Lipinski definition) is 2. The van der Waals surface area contributed by atoms with E-state index in [-0.39, 0.29) is 5.91 Å². The van der Waals surface area contributed by atoms with Gasteiger partial charge in [0.05, 0.1) is 11.0 Å². The topological polar surface area (TPSA) is 57.8 Å². The van der Waals surface area contributed by atoms with Crippen molar-refractivity contribution in [3.8, 4) is 0 Å². The highest BCUT2D eigenvalue weighted by Crippen LogP contribution is 2.27. The Hall–Kier alpha value is -2.53. The van der Waals surface area contributed by atoms with Crippen LogP contribution in [0.2, 0.25) is 15.1 Å². The number of aromatic amines is 1. The summed E-state index contributed by atoms with van der Waals surface area (Å²) in [6.07, 6.45) is 0.469. The van der Waals surface area contributed by atoms with Crippen molar-refractivity contribution in [3.05, 3.63) is 92.2 Å². The van der Waals surface area contributed by atoms with E-state index in [9.17, 15) is 4.79 Å². The highest BCUT2D eigenvalue weighted by atomic mass is 35.5. The number of rotatable bonds is 4. The van der Waals surface area contributed by atoms with Crippen LogP contribution in [0, 0.1) is 6.92 Å². The molecule has 0 radical (unpaired) electrons.